The molecule has 1 aromatic heterocycles. The Kier molecular flexibility index (Phi) is 5.33. The maximum Gasteiger partial charge on any atom is 0.252 e. The molecule has 0 fully saturated rings. The lowest BCUT2D eigenvalue weighted by atomic mass is 9.84. The number of hydrogen-bond donors (Lipinski definition) is 3. The maximum absolute atomic E-state index is 12.3. The summed E-state index contributed by atoms with van der Waals surface area (Å²) in [4.78, 5) is 12.3. The Hall–Kier alpha value is -1.99. The fourth-order valence-electron chi connectivity index (χ4n) is 2.33. The molecule has 0 aliphatic heterocycles. The number of benzene rings is 1. The Morgan fingerprint density at radius 3 is 2.70 bits per heavy atom. The van der Waals surface area contributed by atoms with E-state index in [1.165, 1.54) is 6.92 Å². The molecule has 2 aromatic rings. The molecule has 2 atom stereocenters. The highest BCUT2D eigenvalue weighted by Gasteiger charge is 2.37. The average molecular weight is 334 g/mol. The van der Waals surface area contributed by atoms with E-state index < -0.39 is 11.5 Å². The zero-order valence-electron chi connectivity index (χ0n) is 13.5. The Bertz CT molecular complexity index is 721. The van der Waals surface area contributed by atoms with Gasteiger partial charge < -0.3 is 15.0 Å². The number of aromatic amines is 1. The lowest BCUT2D eigenvalue weighted by Gasteiger charge is -2.29. The van der Waals surface area contributed by atoms with Gasteiger partial charge in [-0.2, -0.15) is 5.10 Å². The zero-order chi connectivity index (χ0) is 17.0. The van der Waals surface area contributed by atoms with Crippen LogP contribution in [-0.2, 0) is 18.3 Å². The van der Waals surface area contributed by atoms with Crippen molar-refractivity contribution in [3.63, 3.8) is 0 Å². The third kappa shape index (κ3) is 3.86. The van der Waals surface area contributed by atoms with E-state index in [9.17, 15) is 9.90 Å². The van der Waals surface area contributed by atoms with E-state index in [4.69, 9.17) is 12.2 Å². The van der Waals surface area contributed by atoms with Gasteiger partial charge in [0, 0.05) is 25.9 Å². The molecule has 23 heavy (non-hydrogen) atoms. The highest BCUT2D eigenvalue weighted by atomic mass is 32.1. The SMILES string of the molecule is C[C@H](c1ccccc1)[C@](C)(O)C(=O)NCCc1n[nH]c(=S)n1C. The van der Waals surface area contributed by atoms with Crippen LogP contribution in [0.15, 0.2) is 30.3 Å². The van der Waals surface area contributed by atoms with Gasteiger partial charge in [-0.3, -0.25) is 9.89 Å². The van der Waals surface area contributed by atoms with Crippen molar-refractivity contribution in [2.24, 2.45) is 7.05 Å². The molecule has 0 aliphatic carbocycles. The number of H-pyrrole nitrogens is 1. The monoisotopic (exact) mass is 334 g/mol. The maximum atomic E-state index is 12.3. The Labute approximate surface area is 140 Å². The van der Waals surface area contributed by atoms with Crippen LogP contribution in [0.5, 0.6) is 0 Å². The van der Waals surface area contributed by atoms with E-state index in [2.05, 4.69) is 15.5 Å². The van der Waals surface area contributed by atoms with Crippen LogP contribution >= 0.6 is 12.2 Å². The molecule has 0 unspecified atom stereocenters. The number of nitrogens with zero attached hydrogens (tertiary/aromatic N) is 2. The van der Waals surface area contributed by atoms with Crippen molar-refractivity contribution >= 4 is 18.1 Å². The number of carbonyl (C=O) groups excluding carboxylic acids is 1. The summed E-state index contributed by atoms with van der Waals surface area (Å²) in [6.07, 6.45) is 0.533. The van der Waals surface area contributed by atoms with Crippen LogP contribution in [0, 0.1) is 4.77 Å². The molecule has 1 aromatic carbocycles. The predicted octanol–water partition coefficient (Wildman–Crippen LogP) is 1.69. The van der Waals surface area contributed by atoms with Crippen LogP contribution in [0.25, 0.3) is 0 Å². The van der Waals surface area contributed by atoms with Gasteiger partial charge in [0.2, 0.25) is 0 Å². The molecule has 1 heterocycles. The molecule has 6 nitrogen and oxygen atoms in total. The molecule has 0 bridgehead atoms. The van der Waals surface area contributed by atoms with Crippen molar-refractivity contribution in [1.29, 1.82) is 0 Å². The summed E-state index contributed by atoms with van der Waals surface area (Å²) in [7, 11) is 1.82. The van der Waals surface area contributed by atoms with Crippen LogP contribution in [0.2, 0.25) is 0 Å². The molecule has 0 aliphatic rings. The van der Waals surface area contributed by atoms with Crippen molar-refractivity contribution in [3.8, 4) is 0 Å². The molecule has 3 N–H and O–H groups in total. The quantitative estimate of drug-likeness (QED) is 0.702. The van der Waals surface area contributed by atoms with Gasteiger partial charge in [-0.05, 0) is 24.7 Å². The zero-order valence-corrected chi connectivity index (χ0v) is 14.4. The van der Waals surface area contributed by atoms with Gasteiger partial charge >= 0.3 is 0 Å². The number of rotatable bonds is 6. The first-order valence-corrected chi connectivity index (χ1v) is 7.90. The lowest BCUT2D eigenvalue weighted by molar-refractivity contribution is -0.139. The minimum atomic E-state index is -1.49. The molecule has 0 saturated carbocycles. The van der Waals surface area contributed by atoms with Gasteiger partial charge in [-0.15, -0.1) is 0 Å². The summed E-state index contributed by atoms with van der Waals surface area (Å²) in [6, 6.07) is 9.50. The van der Waals surface area contributed by atoms with E-state index in [1.54, 1.807) is 4.57 Å². The molecule has 7 heteroatoms. The van der Waals surface area contributed by atoms with Crippen molar-refractivity contribution in [1.82, 2.24) is 20.1 Å². The van der Waals surface area contributed by atoms with Crippen molar-refractivity contribution in [2.75, 3.05) is 6.54 Å². The van der Waals surface area contributed by atoms with Gasteiger partial charge in [-0.25, -0.2) is 0 Å². The molecule has 1 amide bonds. The second-order valence-electron chi connectivity index (χ2n) is 5.79. The first-order valence-electron chi connectivity index (χ1n) is 7.50. The number of hydrogen-bond acceptors (Lipinski definition) is 4. The van der Waals surface area contributed by atoms with Gasteiger partial charge in [0.25, 0.3) is 5.91 Å². The first kappa shape index (κ1) is 17.4. The molecular formula is C16H22N4O2S. The minimum Gasteiger partial charge on any atom is -0.380 e. The number of amides is 1. The lowest BCUT2D eigenvalue weighted by Crippen LogP contribution is -2.48. The van der Waals surface area contributed by atoms with Crippen LogP contribution < -0.4 is 5.32 Å². The van der Waals surface area contributed by atoms with Gasteiger partial charge in [0.15, 0.2) is 4.77 Å². The number of carbonyl (C=O) groups is 1. The Morgan fingerprint density at radius 2 is 2.13 bits per heavy atom. The largest absolute Gasteiger partial charge is 0.380 e. The van der Waals surface area contributed by atoms with Gasteiger partial charge in [0.1, 0.15) is 11.4 Å². The van der Waals surface area contributed by atoms with Crippen molar-refractivity contribution in [2.45, 2.75) is 31.8 Å². The first-order chi connectivity index (χ1) is 10.8. The van der Waals surface area contributed by atoms with E-state index in [0.29, 0.717) is 17.7 Å². The minimum absolute atomic E-state index is 0.315. The summed E-state index contributed by atoms with van der Waals surface area (Å²) in [5.74, 6) is 0.0427. The summed E-state index contributed by atoms with van der Waals surface area (Å²) >= 11 is 5.04. The van der Waals surface area contributed by atoms with Crippen LogP contribution in [0.3, 0.4) is 0 Å². The highest BCUT2D eigenvalue weighted by molar-refractivity contribution is 7.71. The second kappa shape index (κ2) is 7.06. The van der Waals surface area contributed by atoms with E-state index in [-0.39, 0.29) is 5.92 Å². The molecule has 124 valence electrons. The van der Waals surface area contributed by atoms with Gasteiger partial charge in [-0.1, -0.05) is 37.3 Å². The van der Waals surface area contributed by atoms with E-state index in [1.807, 2.05) is 44.3 Å². The molecular weight excluding hydrogens is 312 g/mol. The third-order valence-electron chi connectivity index (χ3n) is 4.21. The van der Waals surface area contributed by atoms with Crippen LogP contribution in [0.4, 0.5) is 0 Å². The smallest absolute Gasteiger partial charge is 0.252 e. The summed E-state index contributed by atoms with van der Waals surface area (Å²) < 4.78 is 2.29. The summed E-state index contributed by atoms with van der Waals surface area (Å²) in [5.41, 5.74) is -0.569. The fourth-order valence-corrected chi connectivity index (χ4v) is 2.48. The normalized spacial score (nSPS) is 15.0. The third-order valence-corrected chi connectivity index (χ3v) is 4.57. The second-order valence-corrected chi connectivity index (χ2v) is 6.18. The van der Waals surface area contributed by atoms with Crippen LogP contribution in [-0.4, -0.2) is 37.9 Å². The topological polar surface area (TPSA) is 82.9 Å². The van der Waals surface area contributed by atoms with E-state index in [0.717, 1.165) is 11.4 Å². The van der Waals surface area contributed by atoms with E-state index >= 15 is 0 Å². The number of aromatic nitrogens is 3. The number of aliphatic hydroxyl groups is 1. The predicted molar refractivity (Wildman–Crippen MR) is 90.6 cm³/mol. The number of nitrogens with one attached hydrogen (secondary N) is 2. The van der Waals surface area contributed by atoms with Gasteiger partial charge in [0.05, 0.1) is 0 Å². The van der Waals surface area contributed by atoms with Crippen molar-refractivity contribution < 1.29 is 9.90 Å². The fraction of sp³-hybridized carbons (Fsp3) is 0.438. The molecule has 0 saturated heterocycles. The summed E-state index contributed by atoms with van der Waals surface area (Å²) in [6.45, 7) is 3.76. The van der Waals surface area contributed by atoms with Crippen molar-refractivity contribution in [3.05, 3.63) is 46.5 Å². The Morgan fingerprint density at radius 1 is 1.48 bits per heavy atom. The average Bonchev–Trinajstić information content (AvgIpc) is 2.86. The molecule has 0 radical (unpaired) electrons. The summed E-state index contributed by atoms with van der Waals surface area (Å²) in [5, 5.41) is 20.2. The molecule has 0 spiro atoms. The highest BCUT2D eigenvalue weighted by Crippen LogP contribution is 2.27. The molecule has 2 rings (SSSR count). The Balaban J connectivity index is 1.96. The van der Waals surface area contributed by atoms with Crippen LogP contribution in [0.1, 0.15) is 31.2 Å². The standard InChI is InChI=1S/C16H22N4O2S/c1-11(12-7-5-4-6-8-12)16(2,22)14(21)17-10-9-13-18-19-15(23)20(13)3/h4-8,11,22H,9-10H2,1-3H3,(H,17,21)(H,19,23)/t11-,16+/m1/s1.